The fraction of sp³-hybridized carbons (Fsp3) is 0.182. The van der Waals surface area contributed by atoms with Gasteiger partial charge in [0.15, 0.2) is 0 Å². The summed E-state index contributed by atoms with van der Waals surface area (Å²) < 4.78 is 0. The third-order valence-electron chi connectivity index (χ3n) is 1.84. The van der Waals surface area contributed by atoms with Crippen LogP contribution in [0.2, 0.25) is 0 Å². The second kappa shape index (κ2) is 3.84. The Morgan fingerprint density at radius 3 is 2.64 bits per heavy atom. The number of amides is 1. The summed E-state index contributed by atoms with van der Waals surface area (Å²) in [6.45, 7) is 0. The van der Waals surface area contributed by atoms with Crippen LogP contribution in [0.15, 0.2) is 18.2 Å². The zero-order valence-corrected chi connectivity index (χ0v) is 8.24. The number of hydrogen-bond acceptors (Lipinski definition) is 2. The van der Waals surface area contributed by atoms with E-state index in [1.165, 1.54) is 4.90 Å². The molecule has 1 aromatic carbocycles. The molecule has 0 radical (unpaired) electrons. The Morgan fingerprint density at radius 1 is 1.50 bits per heavy atom. The standard InChI is InChI=1S/C11H12N2O/c1-4-8-7-9(12)5-6-10(8)11(14)13(2)3/h1,5-7H,12H2,2-3H3. The Balaban J connectivity index is 3.23. The molecule has 2 N–H and O–H groups in total. The van der Waals surface area contributed by atoms with E-state index in [9.17, 15) is 4.79 Å². The average molecular weight is 188 g/mol. The average Bonchev–Trinajstić information content (AvgIpc) is 2.16. The SMILES string of the molecule is C#Cc1cc(N)ccc1C(=O)N(C)C. The predicted octanol–water partition coefficient (Wildman–Crippen LogP) is 0.952. The summed E-state index contributed by atoms with van der Waals surface area (Å²) in [6, 6.07) is 4.93. The number of carbonyl (C=O) groups excluding carboxylic acids is 1. The van der Waals surface area contributed by atoms with Crippen molar-refractivity contribution >= 4 is 11.6 Å². The van der Waals surface area contributed by atoms with Crippen LogP contribution >= 0.6 is 0 Å². The van der Waals surface area contributed by atoms with E-state index in [-0.39, 0.29) is 5.91 Å². The second-order valence-electron chi connectivity index (χ2n) is 3.15. The van der Waals surface area contributed by atoms with Gasteiger partial charge in [0.1, 0.15) is 0 Å². The van der Waals surface area contributed by atoms with Crippen LogP contribution in [0.5, 0.6) is 0 Å². The molecule has 0 heterocycles. The van der Waals surface area contributed by atoms with Crippen molar-refractivity contribution in [3.63, 3.8) is 0 Å². The van der Waals surface area contributed by atoms with Gasteiger partial charge in [0.2, 0.25) is 0 Å². The number of nitrogens with two attached hydrogens (primary N) is 1. The lowest BCUT2D eigenvalue weighted by Crippen LogP contribution is -2.22. The number of hydrogen-bond donors (Lipinski definition) is 1. The molecule has 0 aliphatic rings. The fourth-order valence-corrected chi connectivity index (χ4v) is 1.11. The first-order chi connectivity index (χ1) is 6.56. The Labute approximate surface area is 83.5 Å². The lowest BCUT2D eigenvalue weighted by atomic mass is 10.1. The summed E-state index contributed by atoms with van der Waals surface area (Å²) in [6.07, 6.45) is 5.28. The molecule has 0 saturated heterocycles. The van der Waals surface area contributed by atoms with E-state index in [2.05, 4.69) is 5.92 Å². The van der Waals surface area contributed by atoms with Gasteiger partial charge < -0.3 is 10.6 Å². The molecule has 0 spiro atoms. The quantitative estimate of drug-likeness (QED) is 0.527. The highest BCUT2D eigenvalue weighted by Crippen LogP contribution is 2.13. The van der Waals surface area contributed by atoms with Gasteiger partial charge in [-0.3, -0.25) is 4.79 Å². The van der Waals surface area contributed by atoms with Crippen LogP contribution in [0.3, 0.4) is 0 Å². The minimum Gasteiger partial charge on any atom is -0.399 e. The maximum Gasteiger partial charge on any atom is 0.254 e. The topological polar surface area (TPSA) is 46.3 Å². The van der Waals surface area contributed by atoms with Gasteiger partial charge in [-0.1, -0.05) is 5.92 Å². The molecule has 0 aromatic heterocycles. The normalized spacial score (nSPS) is 9.21. The molecule has 3 heteroatoms. The fourth-order valence-electron chi connectivity index (χ4n) is 1.11. The van der Waals surface area contributed by atoms with Gasteiger partial charge in [0.25, 0.3) is 5.91 Å². The molecule has 0 fully saturated rings. The van der Waals surface area contributed by atoms with Crippen molar-refractivity contribution in [2.45, 2.75) is 0 Å². The lowest BCUT2D eigenvalue weighted by molar-refractivity contribution is 0.0827. The lowest BCUT2D eigenvalue weighted by Gasteiger charge is -2.11. The molecule has 0 unspecified atom stereocenters. The van der Waals surface area contributed by atoms with E-state index in [0.29, 0.717) is 16.8 Å². The minimum absolute atomic E-state index is 0.113. The van der Waals surface area contributed by atoms with Crippen molar-refractivity contribution in [1.29, 1.82) is 0 Å². The van der Waals surface area contributed by atoms with E-state index in [1.807, 2.05) is 0 Å². The summed E-state index contributed by atoms with van der Waals surface area (Å²) >= 11 is 0. The van der Waals surface area contributed by atoms with Crippen molar-refractivity contribution in [2.75, 3.05) is 19.8 Å². The smallest absolute Gasteiger partial charge is 0.254 e. The second-order valence-corrected chi connectivity index (χ2v) is 3.15. The molecule has 1 aromatic rings. The maximum atomic E-state index is 11.6. The molecule has 0 atom stereocenters. The zero-order valence-electron chi connectivity index (χ0n) is 8.24. The summed E-state index contributed by atoms with van der Waals surface area (Å²) in [5, 5.41) is 0. The molecule has 72 valence electrons. The molecule has 0 bridgehead atoms. The molecular weight excluding hydrogens is 176 g/mol. The van der Waals surface area contributed by atoms with E-state index in [1.54, 1.807) is 32.3 Å². The van der Waals surface area contributed by atoms with Crippen LogP contribution in [0.25, 0.3) is 0 Å². The number of nitrogen functional groups attached to an aromatic ring is 1. The largest absolute Gasteiger partial charge is 0.399 e. The Morgan fingerprint density at radius 2 is 2.14 bits per heavy atom. The highest BCUT2D eigenvalue weighted by Gasteiger charge is 2.11. The Kier molecular flexibility index (Phi) is 2.78. The summed E-state index contributed by atoms with van der Waals surface area (Å²) in [5.74, 6) is 2.33. The number of rotatable bonds is 1. The number of terminal acetylenes is 1. The first-order valence-corrected chi connectivity index (χ1v) is 4.14. The molecule has 0 aliphatic heterocycles. The summed E-state index contributed by atoms with van der Waals surface area (Å²) in [5.41, 5.74) is 7.16. The van der Waals surface area contributed by atoms with Gasteiger partial charge >= 0.3 is 0 Å². The molecular formula is C11H12N2O. The van der Waals surface area contributed by atoms with Crippen molar-refractivity contribution in [2.24, 2.45) is 0 Å². The van der Waals surface area contributed by atoms with Crippen molar-refractivity contribution in [3.05, 3.63) is 29.3 Å². The van der Waals surface area contributed by atoms with Crippen LogP contribution < -0.4 is 5.73 Å². The van der Waals surface area contributed by atoms with Gasteiger partial charge in [0, 0.05) is 25.3 Å². The van der Waals surface area contributed by atoms with Crippen molar-refractivity contribution in [1.82, 2.24) is 4.90 Å². The first kappa shape index (κ1) is 10.1. The van der Waals surface area contributed by atoms with E-state index in [4.69, 9.17) is 12.2 Å². The van der Waals surface area contributed by atoms with Gasteiger partial charge in [-0.25, -0.2) is 0 Å². The van der Waals surface area contributed by atoms with E-state index in [0.717, 1.165) is 0 Å². The van der Waals surface area contributed by atoms with Crippen LogP contribution in [0, 0.1) is 12.3 Å². The monoisotopic (exact) mass is 188 g/mol. The van der Waals surface area contributed by atoms with Crippen molar-refractivity contribution in [3.8, 4) is 12.3 Å². The Bertz CT molecular complexity index is 402. The van der Waals surface area contributed by atoms with Crippen LogP contribution in [0.4, 0.5) is 5.69 Å². The Hall–Kier alpha value is -1.95. The van der Waals surface area contributed by atoms with Crippen LogP contribution in [0.1, 0.15) is 15.9 Å². The van der Waals surface area contributed by atoms with Gasteiger partial charge in [-0.05, 0) is 18.2 Å². The third-order valence-corrected chi connectivity index (χ3v) is 1.84. The number of benzene rings is 1. The third kappa shape index (κ3) is 1.86. The number of nitrogens with zero attached hydrogens (tertiary/aromatic N) is 1. The van der Waals surface area contributed by atoms with E-state index < -0.39 is 0 Å². The molecule has 1 amide bonds. The highest BCUT2D eigenvalue weighted by molar-refractivity contribution is 5.96. The molecule has 0 saturated carbocycles. The van der Waals surface area contributed by atoms with Crippen LogP contribution in [-0.2, 0) is 0 Å². The molecule has 14 heavy (non-hydrogen) atoms. The van der Waals surface area contributed by atoms with Gasteiger partial charge in [0.05, 0.1) is 5.56 Å². The summed E-state index contributed by atoms with van der Waals surface area (Å²) in [4.78, 5) is 13.1. The van der Waals surface area contributed by atoms with E-state index >= 15 is 0 Å². The van der Waals surface area contributed by atoms with Crippen molar-refractivity contribution < 1.29 is 4.79 Å². The minimum atomic E-state index is -0.113. The first-order valence-electron chi connectivity index (χ1n) is 4.14. The van der Waals surface area contributed by atoms with Crippen LogP contribution in [-0.4, -0.2) is 24.9 Å². The molecule has 0 aliphatic carbocycles. The predicted molar refractivity (Wildman–Crippen MR) is 56.8 cm³/mol. The molecule has 3 nitrogen and oxygen atoms in total. The zero-order chi connectivity index (χ0) is 10.7. The highest BCUT2D eigenvalue weighted by atomic mass is 16.2. The van der Waals surface area contributed by atoms with Gasteiger partial charge in [-0.2, -0.15) is 0 Å². The number of anilines is 1. The number of carbonyl (C=O) groups is 1. The molecule has 1 rings (SSSR count). The van der Waals surface area contributed by atoms with Gasteiger partial charge in [-0.15, -0.1) is 6.42 Å². The summed E-state index contributed by atoms with van der Waals surface area (Å²) in [7, 11) is 3.36. The maximum absolute atomic E-state index is 11.6.